The Balaban J connectivity index is 3.93. The molecule has 0 radical (unpaired) electrons. The largest absolute Gasteiger partial charge is 0.391 e. The molecule has 104 valence electrons. The maximum absolute atomic E-state index is 11.9. The maximum Gasteiger partial charge on any atom is 0.391 e. The number of nitrogens with one attached hydrogen (secondary N) is 1. The molecule has 1 N–H and O–H groups in total. The van der Waals surface area contributed by atoms with Crippen LogP contribution in [0.1, 0.15) is 40.5 Å². The zero-order valence-corrected chi connectivity index (χ0v) is 11.2. The molecule has 0 amide bonds. The van der Waals surface area contributed by atoms with Crippen molar-refractivity contribution in [2.24, 2.45) is 5.41 Å². The van der Waals surface area contributed by atoms with E-state index >= 15 is 0 Å². The Morgan fingerprint density at radius 1 is 1.18 bits per heavy atom. The molecule has 0 saturated carbocycles. The number of hydrogen-bond acceptors (Lipinski definition) is 2. The molecular formula is C12H24F3NO. The minimum Gasteiger partial charge on any atom is -0.379 e. The number of halogens is 3. The maximum atomic E-state index is 11.9. The van der Waals surface area contributed by atoms with Crippen molar-refractivity contribution in [2.45, 2.75) is 52.8 Å². The van der Waals surface area contributed by atoms with Crippen molar-refractivity contribution in [3.05, 3.63) is 0 Å². The van der Waals surface area contributed by atoms with Gasteiger partial charge in [-0.3, -0.25) is 0 Å². The van der Waals surface area contributed by atoms with Gasteiger partial charge in [0.15, 0.2) is 0 Å². The lowest BCUT2D eigenvalue weighted by molar-refractivity contribution is -0.146. The summed E-state index contributed by atoms with van der Waals surface area (Å²) in [5, 5.41) is 3.30. The van der Waals surface area contributed by atoms with Gasteiger partial charge in [0.05, 0.1) is 19.6 Å². The number of ether oxygens (including phenoxy) is 1. The summed E-state index contributed by atoms with van der Waals surface area (Å²) in [5.41, 5.74) is -0.0204. The third kappa shape index (κ3) is 9.41. The summed E-state index contributed by atoms with van der Waals surface area (Å²) in [6.45, 7) is 9.11. The van der Waals surface area contributed by atoms with Crippen molar-refractivity contribution >= 4 is 0 Å². The van der Waals surface area contributed by atoms with Crippen LogP contribution in [-0.4, -0.2) is 32.0 Å². The third-order valence-electron chi connectivity index (χ3n) is 2.50. The predicted molar refractivity (Wildman–Crippen MR) is 63.0 cm³/mol. The molecule has 0 fully saturated rings. The quantitative estimate of drug-likeness (QED) is 0.704. The van der Waals surface area contributed by atoms with Gasteiger partial charge in [-0.2, -0.15) is 13.2 Å². The Kier molecular flexibility index (Phi) is 7.09. The Labute approximate surface area is 102 Å². The van der Waals surface area contributed by atoms with Crippen LogP contribution >= 0.6 is 0 Å². The number of alkyl halides is 3. The van der Waals surface area contributed by atoms with Gasteiger partial charge in [0, 0.05) is 6.04 Å². The van der Waals surface area contributed by atoms with Gasteiger partial charge in [-0.05, 0) is 18.4 Å². The van der Waals surface area contributed by atoms with Crippen molar-refractivity contribution in [3.8, 4) is 0 Å². The van der Waals surface area contributed by atoms with Crippen LogP contribution in [0.3, 0.4) is 0 Å². The van der Waals surface area contributed by atoms with E-state index in [1.54, 1.807) is 0 Å². The fraction of sp³-hybridized carbons (Fsp3) is 1.00. The molecule has 0 aliphatic heterocycles. The van der Waals surface area contributed by atoms with E-state index in [0.717, 1.165) is 13.0 Å². The second-order valence-electron chi connectivity index (χ2n) is 5.31. The highest BCUT2D eigenvalue weighted by Gasteiger charge is 2.28. The summed E-state index contributed by atoms with van der Waals surface area (Å²) in [7, 11) is 0. The van der Waals surface area contributed by atoms with E-state index in [1.165, 1.54) is 0 Å². The Morgan fingerprint density at radius 3 is 2.18 bits per heavy atom. The van der Waals surface area contributed by atoms with Crippen LogP contribution in [0, 0.1) is 5.41 Å². The smallest absolute Gasteiger partial charge is 0.379 e. The topological polar surface area (TPSA) is 21.3 Å². The van der Waals surface area contributed by atoms with Crippen molar-refractivity contribution in [2.75, 3.05) is 19.8 Å². The Morgan fingerprint density at radius 2 is 1.76 bits per heavy atom. The number of hydrogen-bond donors (Lipinski definition) is 1. The van der Waals surface area contributed by atoms with Gasteiger partial charge in [-0.15, -0.1) is 0 Å². The lowest BCUT2D eigenvalue weighted by atomic mass is 9.87. The average Bonchev–Trinajstić information content (AvgIpc) is 2.13. The fourth-order valence-electron chi connectivity index (χ4n) is 1.32. The minimum absolute atomic E-state index is 0.0204. The van der Waals surface area contributed by atoms with Crippen molar-refractivity contribution in [3.63, 3.8) is 0 Å². The molecule has 0 aromatic carbocycles. The lowest BCUT2D eigenvalue weighted by Crippen LogP contribution is -2.44. The zero-order valence-electron chi connectivity index (χ0n) is 11.2. The predicted octanol–water partition coefficient (Wildman–Crippen LogP) is 3.37. The average molecular weight is 255 g/mol. The molecule has 2 nitrogen and oxygen atoms in total. The standard InChI is InChI=1S/C12H24F3NO/c1-5-7-16-10(11(2,3)4)9-17-8-6-12(13,14)15/h10,16H,5-9H2,1-4H3. The van der Waals surface area contributed by atoms with Gasteiger partial charge in [-0.1, -0.05) is 27.7 Å². The summed E-state index contributed by atoms with van der Waals surface area (Å²) in [5.74, 6) is 0. The highest BCUT2D eigenvalue weighted by atomic mass is 19.4. The van der Waals surface area contributed by atoms with Gasteiger partial charge in [-0.25, -0.2) is 0 Å². The van der Waals surface area contributed by atoms with Gasteiger partial charge < -0.3 is 10.1 Å². The van der Waals surface area contributed by atoms with Crippen molar-refractivity contribution in [1.82, 2.24) is 5.32 Å². The van der Waals surface area contributed by atoms with Gasteiger partial charge in [0.2, 0.25) is 0 Å². The first-order valence-electron chi connectivity index (χ1n) is 6.04. The SMILES string of the molecule is CCCNC(COCCC(F)(F)F)C(C)(C)C. The molecule has 0 aliphatic rings. The van der Waals surface area contributed by atoms with Crippen molar-refractivity contribution < 1.29 is 17.9 Å². The van der Waals surface area contributed by atoms with Crippen LogP contribution in [-0.2, 0) is 4.74 Å². The minimum atomic E-state index is -4.13. The summed E-state index contributed by atoms with van der Waals surface area (Å²) in [4.78, 5) is 0. The van der Waals surface area contributed by atoms with E-state index in [0.29, 0.717) is 6.61 Å². The summed E-state index contributed by atoms with van der Waals surface area (Å²) in [6, 6.07) is 0.0793. The molecule has 0 saturated heterocycles. The summed E-state index contributed by atoms with van der Waals surface area (Å²) >= 11 is 0. The molecule has 1 atom stereocenters. The first-order chi connectivity index (χ1) is 7.67. The first kappa shape index (κ1) is 16.7. The van der Waals surface area contributed by atoms with Gasteiger partial charge in [0.25, 0.3) is 0 Å². The van der Waals surface area contributed by atoms with Crippen LogP contribution in [0.25, 0.3) is 0 Å². The van der Waals surface area contributed by atoms with E-state index in [2.05, 4.69) is 12.2 Å². The van der Waals surface area contributed by atoms with Gasteiger partial charge in [0.1, 0.15) is 0 Å². The molecule has 1 unspecified atom stereocenters. The molecule has 0 bridgehead atoms. The Bertz CT molecular complexity index is 199. The van der Waals surface area contributed by atoms with Crippen LogP contribution in [0.5, 0.6) is 0 Å². The van der Waals surface area contributed by atoms with Crippen LogP contribution in [0.15, 0.2) is 0 Å². The van der Waals surface area contributed by atoms with Crippen molar-refractivity contribution in [1.29, 1.82) is 0 Å². The monoisotopic (exact) mass is 255 g/mol. The fourth-order valence-corrected chi connectivity index (χ4v) is 1.32. The highest BCUT2D eigenvalue weighted by Crippen LogP contribution is 2.21. The van der Waals surface area contributed by atoms with E-state index < -0.39 is 12.6 Å². The number of rotatable bonds is 7. The molecule has 0 heterocycles. The Hall–Kier alpha value is -0.290. The van der Waals surface area contributed by atoms with Crippen LogP contribution in [0.4, 0.5) is 13.2 Å². The lowest BCUT2D eigenvalue weighted by Gasteiger charge is -2.31. The normalized spacial score (nSPS) is 15.0. The first-order valence-corrected chi connectivity index (χ1v) is 6.04. The molecule has 17 heavy (non-hydrogen) atoms. The summed E-state index contributed by atoms with van der Waals surface area (Å²) in [6.07, 6.45) is -4.01. The zero-order chi connectivity index (χ0) is 13.5. The molecule has 5 heteroatoms. The third-order valence-corrected chi connectivity index (χ3v) is 2.50. The highest BCUT2D eigenvalue weighted by molar-refractivity contribution is 4.80. The van der Waals surface area contributed by atoms with E-state index in [4.69, 9.17) is 4.74 Å². The molecular weight excluding hydrogens is 231 g/mol. The van der Waals surface area contributed by atoms with E-state index in [1.807, 2.05) is 20.8 Å². The molecule has 0 aliphatic carbocycles. The molecule has 0 rings (SSSR count). The van der Waals surface area contributed by atoms with E-state index in [9.17, 15) is 13.2 Å². The molecule has 0 spiro atoms. The second-order valence-corrected chi connectivity index (χ2v) is 5.31. The second kappa shape index (κ2) is 7.21. The van der Waals surface area contributed by atoms with Crippen LogP contribution < -0.4 is 5.32 Å². The molecule has 0 aromatic rings. The van der Waals surface area contributed by atoms with Gasteiger partial charge >= 0.3 is 6.18 Å². The molecule has 0 aromatic heterocycles. The van der Waals surface area contributed by atoms with Crippen LogP contribution in [0.2, 0.25) is 0 Å². The van der Waals surface area contributed by atoms with E-state index in [-0.39, 0.29) is 18.1 Å². The summed E-state index contributed by atoms with van der Waals surface area (Å²) < 4.78 is 40.9.